The number of benzene rings is 2. The molecule has 0 atom stereocenters. The van der Waals surface area contributed by atoms with Crippen LogP contribution >= 0.6 is 0 Å². The molecule has 0 aliphatic heterocycles. The minimum Gasteiger partial charge on any atom is -0.363 e. The number of aromatic nitrogens is 3. The quantitative estimate of drug-likeness (QED) is 0.505. The number of amides is 1. The van der Waals surface area contributed by atoms with E-state index in [0.29, 0.717) is 22.9 Å². The molecule has 2 heterocycles. The third-order valence-electron chi connectivity index (χ3n) is 4.50. The van der Waals surface area contributed by atoms with Crippen molar-refractivity contribution in [2.45, 2.75) is 13.3 Å². The van der Waals surface area contributed by atoms with Gasteiger partial charge in [-0.3, -0.25) is 4.79 Å². The summed E-state index contributed by atoms with van der Waals surface area (Å²) in [4.78, 5) is 23.2. The number of para-hydroxylation sites is 1. The summed E-state index contributed by atoms with van der Waals surface area (Å²) in [6.07, 6.45) is 0.140. The Hall–Kier alpha value is -3.94. The first-order valence-electron chi connectivity index (χ1n) is 9.51. The Morgan fingerprint density at radius 2 is 1.77 bits per heavy atom. The summed E-state index contributed by atoms with van der Waals surface area (Å²) in [5.74, 6) is 1.19. The van der Waals surface area contributed by atoms with Crippen LogP contribution in [0.15, 0.2) is 59.1 Å². The number of fused-ring (bicyclic) bond motifs is 1. The zero-order valence-electron chi connectivity index (χ0n) is 17.0. The Kier molecular flexibility index (Phi) is 5.30. The zero-order valence-corrected chi connectivity index (χ0v) is 17.0. The maximum atomic E-state index is 12.4. The molecule has 152 valence electrons. The zero-order chi connectivity index (χ0) is 21.1. The molecule has 2 aromatic carbocycles. The van der Waals surface area contributed by atoms with Gasteiger partial charge in [0.05, 0.1) is 6.42 Å². The van der Waals surface area contributed by atoms with Crippen LogP contribution in [0.1, 0.15) is 11.4 Å². The highest BCUT2D eigenvalue weighted by Gasteiger charge is 2.12. The minimum absolute atomic E-state index is 0.140. The lowest BCUT2D eigenvalue weighted by Gasteiger charge is -2.14. The van der Waals surface area contributed by atoms with Crippen molar-refractivity contribution in [1.82, 2.24) is 15.1 Å². The van der Waals surface area contributed by atoms with Gasteiger partial charge in [-0.25, -0.2) is 4.98 Å². The van der Waals surface area contributed by atoms with Gasteiger partial charge in [0.2, 0.25) is 11.9 Å². The molecular weight excluding hydrogens is 380 g/mol. The van der Waals surface area contributed by atoms with E-state index in [1.54, 1.807) is 0 Å². The van der Waals surface area contributed by atoms with Gasteiger partial charge in [0.15, 0.2) is 5.58 Å². The van der Waals surface area contributed by atoms with E-state index in [1.807, 2.05) is 80.5 Å². The number of rotatable bonds is 6. The Morgan fingerprint density at radius 1 is 1.03 bits per heavy atom. The molecule has 0 radical (unpaired) electrons. The summed E-state index contributed by atoms with van der Waals surface area (Å²) in [6.45, 7) is 1.93. The predicted octanol–water partition coefficient (Wildman–Crippen LogP) is 3.92. The van der Waals surface area contributed by atoms with Crippen LogP contribution in [0.25, 0.3) is 11.0 Å². The molecule has 8 nitrogen and oxygen atoms in total. The lowest BCUT2D eigenvalue weighted by atomic mass is 10.1. The van der Waals surface area contributed by atoms with Crippen molar-refractivity contribution < 1.29 is 9.32 Å². The lowest BCUT2D eigenvalue weighted by molar-refractivity contribution is -0.115. The smallest absolute Gasteiger partial charge is 0.230 e. The third kappa shape index (κ3) is 4.38. The molecule has 4 rings (SSSR count). The molecule has 0 unspecified atom stereocenters. The highest BCUT2D eigenvalue weighted by Crippen LogP contribution is 2.21. The van der Waals surface area contributed by atoms with Gasteiger partial charge >= 0.3 is 0 Å². The fourth-order valence-electron chi connectivity index (χ4n) is 3.03. The van der Waals surface area contributed by atoms with Crippen LogP contribution in [0.3, 0.4) is 0 Å². The third-order valence-corrected chi connectivity index (χ3v) is 4.50. The van der Waals surface area contributed by atoms with Gasteiger partial charge in [-0.05, 0) is 43.3 Å². The summed E-state index contributed by atoms with van der Waals surface area (Å²) < 4.78 is 5.25. The molecule has 0 fully saturated rings. The first-order chi connectivity index (χ1) is 14.5. The molecule has 0 spiro atoms. The molecule has 4 aromatic rings. The number of carbonyl (C=O) groups excluding carboxylic acids is 1. The average Bonchev–Trinajstić information content (AvgIpc) is 3.12. The normalized spacial score (nSPS) is 10.8. The van der Waals surface area contributed by atoms with Crippen LogP contribution in [-0.2, 0) is 11.2 Å². The van der Waals surface area contributed by atoms with E-state index in [4.69, 9.17) is 4.52 Å². The van der Waals surface area contributed by atoms with Crippen molar-refractivity contribution in [3.63, 3.8) is 0 Å². The van der Waals surface area contributed by atoms with Crippen LogP contribution in [0, 0.1) is 6.92 Å². The van der Waals surface area contributed by atoms with Crippen LogP contribution in [0.2, 0.25) is 0 Å². The van der Waals surface area contributed by atoms with E-state index >= 15 is 0 Å². The molecule has 2 N–H and O–H groups in total. The monoisotopic (exact) mass is 402 g/mol. The highest BCUT2D eigenvalue weighted by molar-refractivity contribution is 5.94. The van der Waals surface area contributed by atoms with Crippen LogP contribution in [0.5, 0.6) is 0 Å². The fourth-order valence-corrected chi connectivity index (χ4v) is 3.03. The molecule has 0 saturated carbocycles. The lowest BCUT2D eigenvalue weighted by Crippen LogP contribution is -2.14. The van der Waals surface area contributed by atoms with Gasteiger partial charge in [-0.2, -0.15) is 4.98 Å². The van der Waals surface area contributed by atoms with Crippen molar-refractivity contribution in [2.75, 3.05) is 29.6 Å². The molecule has 1 amide bonds. The summed E-state index contributed by atoms with van der Waals surface area (Å²) in [5.41, 5.74) is 3.69. The second-order valence-corrected chi connectivity index (χ2v) is 7.14. The van der Waals surface area contributed by atoms with E-state index in [-0.39, 0.29) is 12.3 Å². The topological polar surface area (TPSA) is 96.2 Å². The molecular formula is C22H22N6O2. The van der Waals surface area contributed by atoms with Gasteiger partial charge < -0.3 is 20.1 Å². The van der Waals surface area contributed by atoms with Crippen LogP contribution in [0.4, 0.5) is 23.1 Å². The number of aryl methyl sites for hydroxylation is 1. The van der Waals surface area contributed by atoms with Gasteiger partial charge in [0.25, 0.3) is 0 Å². The van der Waals surface area contributed by atoms with Crippen LogP contribution in [-0.4, -0.2) is 35.1 Å². The van der Waals surface area contributed by atoms with Gasteiger partial charge in [-0.15, -0.1) is 0 Å². The molecule has 0 aliphatic carbocycles. The van der Waals surface area contributed by atoms with Gasteiger partial charge in [0.1, 0.15) is 11.5 Å². The molecule has 0 saturated heterocycles. The van der Waals surface area contributed by atoms with Crippen molar-refractivity contribution in [1.29, 1.82) is 0 Å². The number of nitrogens with one attached hydrogen (secondary N) is 2. The van der Waals surface area contributed by atoms with Crippen molar-refractivity contribution in [3.8, 4) is 0 Å². The average molecular weight is 402 g/mol. The standard InChI is InChI=1S/C22H22N6O2/c1-14-12-20(28(2)3)26-22(23-14)25-16-10-8-15(9-11-16)24-21(29)13-18-17-6-4-5-7-19(17)30-27-18/h4-12H,13H2,1-3H3,(H,24,29)(H,23,25,26). The van der Waals surface area contributed by atoms with Crippen molar-refractivity contribution in [2.24, 2.45) is 0 Å². The molecule has 0 bridgehead atoms. The number of anilines is 4. The molecule has 30 heavy (non-hydrogen) atoms. The maximum Gasteiger partial charge on any atom is 0.230 e. The Balaban J connectivity index is 1.40. The minimum atomic E-state index is -0.160. The molecule has 0 aliphatic rings. The molecule has 8 heteroatoms. The second kappa shape index (κ2) is 8.20. The van der Waals surface area contributed by atoms with Crippen molar-refractivity contribution in [3.05, 3.63) is 66.0 Å². The van der Waals surface area contributed by atoms with Gasteiger partial charge in [-0.1, -0.05) is 17.3 Å². The van der Waals surface area contributed by atoms with Crippen molar-refractivity contribution >= 4 is 40.0 Å². The number of carbonyl (C=O) groups is 1. The number of hydrogen-bond acceptors (Lipinski definition) is 7. The predicted molar refractivity (Wildman–Crippen MR) is 117 cm³/mol. The second-order valence-electron chi connectivity index (χ2n) is 7.14. The first-order valence-corrected chi connectivity index (χ1v) is 9.51. The van der Waals surface area contributed by atoms with E-state index in [0.717, 1.165) is 22.6 Å². The summed E-state index contributed by atoms with van der Waals surface area (Å²) in [6, 6.07) is 16.8. The Bertz CT molecular complexity index is 1180. The van der Waals surface area contributed by atoms with Gasteiger partial charge in [0, 0.05) is 42.6 Å². The van der Waals surface area contributed by atoms with E-state index in [2.05, 4.69) is 25.8 Å². The Labute approximate surface area is 173 Å². The number of hydrogen-bond donors (Lipinski definition) is 2. The summed E-state index contributed by atoms with van der Waals surface area (Å²) in [7, 11) is 3.87. The van der Waals surface area contributed by atoms with Crippen LogP contribution < -0.4 is 15.5 Å². The Morgan fingerprint density at radius 3 is 2.53 bits per heavy atom. The van der Waals surface area contributed by atoms with E-state index < -0.39 is 0 Å². The summed E-state index contributed by atoms with van der Waals surface area (Å²) in [5, 5.41) is 10.9. The molecule has 2 aromatic heterocycles. The number of nitrogens with zero attached hydrogens (tertiary/aromatic N) is 4. The fraction of sp³-hybridized carbons (Fsp3) is 0.182. The maximum absolute atomic E-state index is 12.4. The SMILES string of the molecule is Cc1cc(N(C)C)nc(Nc2ccc(NC(=O)Cc3noc4ccccc34)cc2)n1. The highest BCUT2D eigenvalue weighted by atomic mass is 16.5. The van der Waals surface area contributed by atoms with E-state index in [9.17, 15) is 4.79 Å². The first kappa shape index (κ1) is 19.4. The summed E-state index contributed by atoms with van der Waals surface area (Å²) >= 11 is 0. The largest absolute Gasteiger partial charge is 0.363 e. The van der Waals surface area contributed by atoms with E-state index in [1.165, 1.54) is 0 Å².